The number of fused-ring (bicyclic) bond motifs is 1. The Hall–Kier alpha value is -2.77. The average molecular weight is 377 g/mol. The molecule has 1 aliphatic heterocycles. The van der Waals surface area contributed by atoms with Gasteiger partial charge in [-0.3, -0.25) is 9.20 Å². The number of aromatic nitrogens is 3. The van der Waals surface area contributed by atoms with Gasteiger partial charge in [-0.05, 0) is 54.2 Å². The van der Waals surface area contributed by atoms with E-state index in [9.17, 15) is 4.79 Å². The summed E-state index contributed by atoms with van der Waals surface area (Å²) in [6.45, 7) is 3.54. The van der Waals surface area contributed by atoms with E-state index in [2.05, 4.69) is 50.6 Å². The summed E-state index contributed by atoms with van der Waals surface area (Å²) in [6.07, 6.45) is 3.48. The van der Waals surface area contributed by atoms with E-state index < -0.39 is 0 Å². The third kappa shape index (κ3) is 3.20. The van der Waals surface area contributed by atoms with Crippen molar-refractivity contribution >= 4 is 26.1 Å². The van der Waals surface area contributed by atoms with E-state index in [0.717, 1.165) is 12.8 Å². The molecular weight excluding hydrogens is 357 g/mol. The molecule has 2 aromatic heterocycles. The molecule has 1 aromatic carbocycles. The van der Waals surface area contributed by atoms with E-state index in [1.807, 2.05) is 4.90 Å². The molecule has 7 heteroatoms. The maximum atomic E-state index is 13.0. The molecule has 0 saturated carbocycles. The van der Waals surface area contributed by atoms with Crippen molar-refractivity contribution in [1.29, 1.82) is 5.26 Å². The second-order valence-corrected chi connectivity index (χ2v) is 7.53. The van der Waals surface area contributed by atoms with Crippen LogP contribution >= 0.6 is 9.24 Å². The molecule has 27 heavy (non-hydrogen) atoms. The summed E-state index contributed by atoms with van der Waals surface area (Å²) in [5.74, 6) is 0.603. The molecule has 1 saturated heterocycles. The highest BCUT2D eigenvalue weighted by Crippen LogP contribution is 2.30. The number of pyridine rings is 1. The van der Waals surface area contributed by atoms with Gasteiger partial charge in [-0.15, -0.1) is 19.4 Å². The van der Waals surface area contributed by atoms with Crippen LogP contribution in [0.2, 0.25) is 0 Å². The fourth-order valence-electron chi connectivity index (χ4n) is 3.75. The van der Waals surface area contributed by atoms with Crippen molar-refractivity contribution in [2.24, 2.45) is 0 Å². The van der Waals surface area contributed by atoms with Gasteiger partial charge in [0.1, 0.15) is 6.07 Å². The quantitative estimate of drug-likeness (QED) is 0.643. The molecule has 6 nitrogen and oxygen atoms in total. The lowest BCUT2D eigenvalue weighted by atomic mass is 9.87. The Bertz CT molecular complexity index is 1060. The number of hydrogen-bond acceptors (Lipinski definition) is 4. The van der Waals surface area contributed by atoms with Crippen LogP contribution < -0.4 is 5.30 Å². The summed E-state index contributed by atoms with van der Waals surface area (Å²) in [5, 5.41) is 18.4. The smallest absolute Gasteiger partial charge is 0.292 e. The molecular formula is C20H20N5OP. The Morgan fingerprint density at radius 1 is 1.22 bits per heavy atom. The molecule has 0 N–H and O–H groups in total. The molecule has 1 aliphatic rings. The highest BCUT2D eigenvalue weighted by Gasteiger charge is 2.28. The maximum Gasteiger partial charge on any atom is 0.292 e. The Labute approximate surface area is 160 Å². The van der Waals surface area contributed by atoms with E-state index in [-0.39, 0.29) is 11.7 Å². The summed E-state index contributed by atoms with van der Waals surface area (Å²) in [6, 6.07) is 11.9. The van der Waals surface area contributed by atoms with Gasteiger partial charge >= 0.3 is 0 Å². The van der Waals surface area contributed by atoms with Crippen LogP contribution in [0.4, 0.5) is 0 Å². The van der Waals surface area contributed by atoms with Crippen molar-refractivity contribution in [2.75, 3.05) is 13.1 Å². The predicted molar refractivity (Wildman–Crippen MR) is 106 cm³/mol. The minimum absolute atomic E-state index is 0.132. The van der Waals surface area contributed by atoms with E-state index >= 15 is 0 Å². The lowest BCUT2D eigenvalue weighted by Gasteiger charge is -2.32. The Morgan fingerprint density at radius 2 is 2.00 bits per heavy atom. The average Bonchev–Trinajstić information content (AvgIpc) is 3.12. The summed E-state index contributed by atoms with van der Waals surface area (Å²) >= 11 is 0. The van der Waals surface area contributed by atoms with Crippen molar-refractivity contribution in [3.8, 4) is 6.07 Å². The van der Waals surface area contributed by atoms with Gasteiger partial charge in [0.05, 0.1) is 5.56 Å². The normalized spacial score (nSPS) is 15.1. The second-order valence-electron chi connectivity index (χ2n) is 6.91. The largest absolute Gasteiger partial charge is 0.336 e. The number of piperidine rings is 1. The van der Waals surface area contributed by atoms with Crippen LogP contribution in [0.5, 0.6) is 0 Å². The molecule has 3 heterocycles. The topological polar surface area (TPSA) is 74.3 Å². The standard InChI is InChI=1S/C20H20N5OP/c1-13-16(3-2-4-17(13)27)15-7-9-24(10-8-15)20(26)19-23-22-18-6-5-14(11-21)12-25(18)19/h2-6,12,15H,7-10,27H2,1H3. The number of carbonyl (C=O) groups excluding carboxylic acids is 1. The highest BCUT2D eigenvalue weighted by atomic mass is 31.0. The molecule has 0 spiro atoms. The van der Waals surface area contributed by atoms with E-state index in [4.69, 9.17) is 5.26 Å². The van der Waals surface area contributed by atoms with E-state index in [1.165, 1.54) is 16.4 Å². The first-order valence-electron chi connectivity index (χ1n) is 8.97. The van der Waals surface area contributed by atoms with Crippen molar-refractivity contribution in [1.82, 2.24) is 19.5 Å². The number of nitrogens with zero attached hydrogens (tertiary/aromatic N) is 5. The van der Waals surface area contributed by atoms with Crippen molar-refractivity contribution < 1.29 is 4.79 Å². The summed E-state index contributed by atoms with van der Waals surface area (Å²) in [5.41, 5.74) is 3.74. The lowest BCUT2D eigenvalue weighted by molar-refractivity contribution is 0.0699. The van der Waals surface area contributed by atoms with Crippen molar-refractivity contribution in [3.63, 3.8) is 0 Å². The number of nitriles is 1. The van der Waals surface area contributed by atoms with Gasteiger partial charge in [0.15, 0.2) is 5.65 Å². The van der Waals surface area contributed by atoms with Crippen LogP contribution in [0, 0.1) is 18.3 Å². The molecule has 0 aliphatic carbocycles. The monoisotopic (exact) mass is 377 g/mol. The van der Waals surface area contributed by atoms with Gasteiger partial charge in [-0.1, -0.05) is 18.2 Å². The van der Waals surface area contributed by atoms with Crippen LogP contribution in [0.3, 0.4) is 0 Å². The Balaban J connectivity index is 1.52. The first kappa shape index (κ1) is 17.6. The number of likely N-dealkylation sites (tertiary alicyclic amines) is 1. The second kappa shape index (κ2) is 7.09. The fraction of sp³-hybridized carbons (Fsp3) is 0.300. The number of amides is 1. The van der Waals surface area contributed by atoms with Crippen LogP contribution in [0.15, 0.2) is 36.5 Å². The molecule has 3 aromatic rings. The molecule has 1 atom stereocenters. The number of benzene rings is 1. The molecule has 136 valence electrons. The lowest BCUT2D eigenvalue weighted by Crippen LogP contribution is -2.39. The molecule has 4 rings (SSSR count). The minimum atomic E-state index is -0.132. The molecule has 1 amide bonds. The van der Waals surface area contributed by atoms with Gasteiger partial charge < -0.3 is 4.90 Å². The van der Waals surface area contributed by atoms with Crippen LogP contribution in [0.1, 0.15) is 46.1 Å². The number of hydrogen-bond donors (Lipinski definition) is 0. The highest BCUT2D eigenvalue weighted by molar-refractivity contribution is 7.27. The van der Waals surface area contributed by atoms with Gasteiger partial charge in [-0.2, -0.15) is 5.26 Å². The summed E-state index contributed by atoms with van der Waals surface area (Å²) in [7, 11) is 2.79. The first-order chi connectivity index (χ1) is 13.1. The van der Waals surface area contributed by atoms with Crippen molar-refractivity contribution in [3.05, 3.63) is 59.0 Å². The van der Waals surface area contributed by atoms with Gasteiger partial charge in [0, 0.05) is 19.3 Å². The zero-order valence-corrected chi connectivity index (χ0v) is 16.2. The zero-order chi connectivity index (χ0) is 19.0. The van der Waals surface area contributed by atoms with Gasteiger partial charge in [-0.25, -0.2) is 0 Å². The third-order valence-corrected chi connectivity index (χ3v) is 5.99. The third-order valence-electron chi connectivity index (χ3n) is 5.36. The predicted octanol–water partition coefficient (Wildman–Crippen LogP) is 2.43. The van der Waals surface area contributed by atoms with Crippen LogP contribution in [-0.2, 0) is 0 Å². The Morgan fingerprint density at radius 3 is 2.74 bits per heavy atom. The van der Waals surface area contributed by atoms with Crippen LogP contribution in [-0.4, -0.2) is 38.5 Å². The van der Waals surface area contributed by atoms with Gasteiger partial charge in [0.2, 0.25) is 5.82 Å². The van der Waals surface area contributed by atoms with E-state index in [0.29, 0.717) is 30.2 Å². The summed E-state index contributed by atoms with van der Waals surface area (Å²) < 4.78 is 1.61. The SMILES string of the molecule is Cc1c(P)cccc1C1CCN(C(=O)c2nnc3ccc(C#N)cn23)CC1. The summed E-state index contributed by atoms with van der Waals surface area (Å²) in [4.78, 5) is 14.8. The first-order valence-corrected chi connectivity index (χ1v) is 9.55. The zero-order valence-electron chi connectivity index (χ0n) is 15.1. The molecule has 0 bridgehead atoms. The molecule has 1 fully saturated rings. The van der Waals surface area contributed by atoms with E-state index in [1.54, 1.807) is 22.7 Å². The number of rotatable bonds is 2. The maximum absolute atomic E-state index is 13.0. The number of carbonyl (C=O) groups is 1. The Kier molecular flexibility index (Phi) is 4.63. The van der Waals surface area contributed by atoms with Gasteiger partial charge in [0.25, 0.3) is 5.91 Å². The molecule has 0 radical (unpaired) electrons. The fourth-order valence-corrected chi connectivity index (χ4v) is 4.03. The van der Waals surface area contributed by atoms with Crippen molar-refractivity contribution in [2.45, 2.75) is 25.7 Å². The minimum Gasteiger partial charge on any atom is -0.336 e. The molecule has 1 unspecified atom stereocenters. The van der Waals surface area contributed by atoms with Crippen LogP contribution in [0.25, 0.3) is 5.65 Å².